The molecule has 0 aliphatic heterocycles. The average Bonchev–Trinajstić information content (AvgIpc) is 2.40. The fourth-order valence-corrected chi connectivity index (χ4v) is 1.96. The molecule has 110 valence electrons. The molecular weight excluding hydrogens is 303 g/mol. The third-order valence-corrected chi connectivity index (χ3v) is 3.34. The molecule has 1 amide bonds. The Kier molecular flexibility index (Phi) is 3.82. The van der Waals surface area contributed by atoms with Crippen LogP contribution < -0.4 is 16.0 Å². The second kappa shape index (κ2) is 5.42. The van der Waals surface area contributed by atoms with Crippen molar-refractivity contribution in [3.8, 4) is 0 Å². The number of rotatable bonds is 3. The highest BCUT2D eigenvalue weighted by atomic mass is 32.2. The maximum Gasteiger partial charge on any atom is 0.276 e. The molecule has 0 spiro atoms. The summed E-state index contributed by atoms with van der Waals surface area (Å²) in [7, 11) is -4.03. The van der Waals surface area contributed by atoms with Crippen LogP contribution in [0.15, 0.2) is 40.0 Å². The van der Waals surface area contributed by atoms with E-state index in [0.717, 1.165) is 24.3 Å². The van der Waals surface area contributed by atoms with E-state index in [1.54, 1.807) is 0 Å². The second-order valence-corrected chi connectivity index (χ2v) is 5.51. The van der Waals surface area contributed by atoms with Crippen molar-refractivity contribution in [2.24, 2.45) is 5.14 Å². The smallest absolute Gasteiger partial charge is 0.276 e. The molecule has 1 heterocycles. The molecule has 0 saturated heterocycles. The van der Waals surface area contributed by atoms with E-state index in [1.807, 2.05) is 0 Å². The molecule has 8 nitrogen and oxygen atoms in total. The van der Waals surface area contributed by atoms with Gasteiger partial charge in [-0.05, 0) is 24.3 Å². The zero-order chi connectivity index (χ0) is 15.6. The van der Waals surface area contributed by atoms with Gasteiger partial charge in [0, 0.05) is 6.07 Å². The van der Waals surface area contributed by atoms with Crippen LogP contribution in [0.5, 0.6) is 0 Å². The molecule has 0 aliphatic rings. The molecule has 2 aromatic rings. The Morgan fingerprint density at radius 1 is 1.29 bits per heavy atom. The van der Waals surface area contributed by atoms with Gasteiger partial charge in [-0.2, -0.15) is 5.10 Å². The van der Waals surface area contributed by atoms with Crippen LogP contribution in [0.2, 0.25) is 0 Å². The van der Waals surface area contributed by atoms with Crippen molar-refractivity contribution in [2.75, 3.05) is 5.32 Å². The number of hydrogen-bond acceptors (Lipinski definition) is 5. The molecule has 21 heavy (non-hydrogen) atoms. The first kappa shape index (κ1) is 14.8. The summed E-state index contributed by atoms with van der Waals surface area (Å²) in [6.07, 6.45) is 0. The molecule has 0 unspecified atom stereocenters. The molecule has 0 bridgehead atoms. The number of amides is 1. The van der Waals surface area contributed by atoms with Gasteiger partial charge in [0.15, 0.2) is 0 Å². The number of benzene rings is 1. The van der Waals surface area contributed by atoms with Crippen LogP contribution in [-0.4, -0.2) is 24.5 Å². The lowest BCUT2D eigenvalue weighted by Gasteiger charge is -2.06. The molecular formula is C11H9FN4O4S. The van der Waals surface area contributed by atoms with Gasteiger partial charge in [-0.1, -0.05) is 0 Å². The lowest BCUT2D eigenvalue weighted by Crippen LogP contribution is -2.18. The number of aromatic nitrogens is 2. The van der Waals surface area contributed by atoms with Gasteiger partial charge in [-0.3, -0.25) is 9.59 Å². The second-order valence-electron chi connectivity index (χ2n) is 3.95. The standard InChI is InChI=1S/C11H9FN4O4S/c12-7-5-6(21(13,19)20)1-2-8(7)14-11(18)9-3-4-10(17)16-15-9/h1-5H,(H,14,18)(H,16,17)(H2,13,19,20). The molecule has 1 aromatic carbocycles. The molecule has 0 radical (unpaired) electrons. The lowest BCUT2D eigenvalue weighted by atomic mass is 10.3. The van der Waals surface area contributed by atoms with E-state index in [0.29, 0.717) is 6.07 Å². The number of sulfonamides is 1. The van der Waals surface area contributed by atoms with Gasteiger partial charge in [-0.25, -0.2) is 23.0 Å². The maximum absolute atomic E-state index is 13.7. The van der Waals surface area contributed by atoms with Crippen molar-refractivity contribution in [3.05, 3.63) is 52.2 Å². The van der Waals surface area contributed by atoms with Crippen LogP contribution in [-0.2, 0) is 10.0 Å². The molecule has 10 heteroatoms. The molecule has 0 atom stereocenters. The lowest BCUT2D eigenvalue weighted by molar-refractivity contribution is 0.102. The van der Waals surface area contributed by atoms with Crippen molar-refractivity contribution in [3.63, 3.8) is 0 Å². The fraction of sp³-hybridized carbons (Fsp3) is 0. The van der Waals surface area contributed by atoms with E-state index in [-0.39, 0.29) is 11.4 Å². The zero-order valence-electron chi connectivity index (χ0n) is 10.3. The van der Waals surface area contributed by atoms with Gasteiger partial charge in [0.2, 0.25) is 10.0 Å². The number of halogens is 1. The number of anilines is 1. The van der Waals surface area contributed by atoms with Crippen LogP contribution in [0, 0.1) is 5.82 Å². The number of primary sulfonamides is 1. The van der Waals surface area contributed by atoms with E-state index in [1.165, 1.54) is 0 Å². The summed E-state index contributed by atoms with van der Waals surface area (Å²) < 4.78 is 35.8. The summed E-state index contributed by atoms with van der Waals surface area (Å²) in [5.74, 6) is -1.74. The summed E-state index contributed by atoms with van der Waals surface area (Å²) in [6.45, 7) is 0. The van der Waals surface area contributed by atoms with Crippen LogP contribution in [0.4, 0.5) is 10.1 Å². The fourth-order valence-electron chi connectivity index (χ4n) is 1.43. The number of carbonyl (C=O) groups is 1. The quantitative estimate of drug-likeness (QED) is 0.722. The number of nitrogens with one attached hydrogen (secondary N) is 2. The number of nitrogens with two attached hydrogens (primary N) is 1. The predicted octanol–water partition coefficient (Wildman–Crippen LogP) is -0.191. The van der Waals surface area contributed by atoms with Gasteiger partial charge < -0.3 is 5.32 Å². The summed E-state index contributed by atoms with van der Waals surface area (Å²) in [6, 6.07) is 5.03. The Morgan fingerprint density at radius 3 is 2.52 bits per heavy atom. The minimum absolute atomic E-state index is 0.135. The number of hydrogen-bond donors (Lipinski definition) is 3. The minimum atomic E-state index is -4.03. The molecule has 0 saturated carbocycles. The first-order valence-electron chi connectivity index (χ1n) is 5.47. The monoisotopic (exact) mass is 312 g/mol. The predicted molar refractivity (Wildman–Crippen MR) is 70.6 cm³/mol. The first-order valence-corrected chi connectivity index (χ1v) is 7.01. The Morgan fingerprint density at radius 2 is 2.00 bits per heavy atom. The Balaban J connectivity index is 2.26. The van der Waals surface area contributed by atoms with Crippen molar-refractivity contribution < 1.29 is 17.6 Å². The maximum atomic E-state index is 13.7. The summed E-state index contributed by atoms with van der Waals surface area (Å²) in [4.78, 5) is 22.1. The van der Waals surface area contributed by atoms with Gasteiger partial charge in [0.05, 0.1) is 10.6 Å². The molecule has 0 fully saturated rings. The highest BCUT2D eigenvalue weighted by Crippen LogP contribution is 2.18. The van der Waals surface area contributed by atoms with Crippen LogP contribution in [0.3, 0.4) is 0 Å². The minimum Gasteiger partial charge on any atom is -0.318 e. The number of aromatic amines is 1. The topological polar surface area (TPSA) is 135 Å². The van der Waals surface area contributed by atoms with Gasteiger partial charge in [0.25, 0.3) is 11.5 Å². The Hall–Kier alpha value is -2.59. The van der Waals surface area contributed by atoms with Crippen LogP contribution in [0.25, 0.3) is 0 Å². The van der Waals surface area contributed by atoms with E-state index in [4.69, 9.17) is 5.14 Å². The Bertz CT molecular complexity index is 842. The molecule has 2 rings (SSSR count). The van der Waals surface area contributed by atoms with Gasteiger partial charge >= 0.3 is 0 Å². The Labute approximate surface area is 117 Å². The number of nitrogens with zero attached hydrogens (tertiary/aromatic N) is 1. The van der Waals surface area contributed by atoms with Crippen molar-refractivity contribution >= 4 is 21.6 Å². The molecule has 4 N–H and O–H groups in total. The van der Waals surface area contributed by atoms with Crippen molar-refractivity contribution in [2.45, 2.75) is 4.90 Å². The highest BCUT2D eigenvalue weighted by molar-refractivity contribution is 7.89. The first-order chi connectivity index (χ1) is 9.77. The van der Waals surface area contributed by atoms with Gasteiger partial charge in [-0.15, -0.1) is 0 Å². The summed E-state index contributed by atoms with van der Waals surface area (Å²) >= 11 is 0. The molecule has 1 aromatic heterocycles. The van der Waals surface area contributed by atoms with Crippen LogP contribution >= 0.6 is 0 Å². The summed E-state index contributed by atoms with van der Waals surface area (Å²) in [5, 5.41) is 12.6. The summed E-state index contributed by atoms with van der Waals surface area (Å²) in [5.41, 5.74) is -0.875. The highest BCUT2D eigenvalue weighted by Gasteiger charge is 2.14. The van der Waals surface area contributed by atoms with Gasteiger partial charge in [0.1, 0.15) is 11.5 Å². The van der Waals surface area contributed by atoms with Crippen molar-refractivity contribution in [1.29, 1.82) is 0 Å². The van der Waals surface area contributed by atoms with Crippen LogP contribution in [0.1, 0.15) is 10.5 Å². The average molecular weight is 312 g/mol. The van der Waals surface area contributed by atoms with E-state index < -0.39 is 32.2 Å². The zero-order valence-corrected chi connectivity index (χ0v) is 11.1. The number of carbonyl (C=O) groups excluding carboxylic acids is 1. The third-order valence-electron chi connectivity index (χ3n) is 2.43. The van der Waals surface area contributed by atoms with Crippen molar-refractivity contribution in [1.82, 2.24) is 10.2 Å². The van der Waals surface area contributed by atoms with E-state index in [2.05, 4.69) is 15.5 Å². The number of H-pyrrole nitrogens is 1. The largest absolute Gasteiger partial charge is 0.318 e. The normalized spacial score (nSPS) is 11.1. The SMILES string of the molecule is NS(=O)(=O)c1ccc(NC(=O)c2ccc(=O)[nH]n2)c(F)c1. The van der Waals surface area contributed by atoms with E-state index in [9.17, 15) is 22.4 Å². The van der Waals surface area contributed by atoms with E-state index >= 15 is 0 Å². The molecule has 0 aliphatic carbocycles. The third kappa shape index (κ3) is 3.49.